The summed E-state index contributed by atoms with van der Waals surface area (Å²) in [5, 5.41) is 14.1. The zero-order valence-corrected chi connectivity index (χ0v) is 12.7. The molecule has 0 saturated heterocycles. The van der Waals surface area contributed by atoms with Gasteiger partial charge in [0.2, 0.25) is 5.91 Å². The Morgan fingerprint density at radius 2 is 1.70 bits per heavy atom. The van der Waals surface area contributed by atoms with Crippen molar-refractivity contribution in [2.45, 2.75) is 6.42 Å². The minimum Gasteiger partial charge on any atom is -0.550 e. The third kappa shape index (κ3) is 2.34. The highest BCUT2D eigenvalue weighted by atomic mass is 127. The average Bonchev–Trinajstić information content (AvgIpc) is 3.01. The molecule has 1 saturated carbocycles. The molecule has 1 fully saturated rings. The Hall–Kier alpha value is -1.37. The molecular weight excluding hydrogens is 369 g/mol. The van der Waals surface area contributed by atoms with Crippen molar-refractivity contribution in [3.63, 3.8) is 0 Å². The van der Waals surface area contributed by atoms with E-state index in [0.29, 0.717) is 5.69 Å². The minimum atomic E-state index is -1.12. The van der Waals surface area contributed by atoms with Crippen molar-refractivity contribution < 1.29 is 14.7 Å². The van der Waals surface area contributed by atoms with Gasteiger partial charge >= 0.3 is 0 Å². The van der Waals surface area contributed by atoms with E-state index in [4.69, 9.17) is 0 Å². The van der Waals surface area contributed by atoms with E-state index in [2.05, 4.69) is 27.9 Å². The lowest BCUT2D eigenvalue weighted by molar-refractivity contribution is -0.313. The third-order valence-electron chi connectivity index (χ3n) is 4.15. The summed E-state index contributed by atoms with van der Waals surface area (Å²) in [4.78, 5) is 23.6. The van der Waals surface area contributed by atoms with Crippen molar-refractivity contribution in [1.29, 1.82) is 0 Å². The first-order valence-electron chi connectivity index (χ1n) is 6.52. The van der Waals surface area contributed by atoms with Gasteiger partial charge in [-0.3, -0.25) is 4.79 Å². The van der Waals surface area contributed by atoms with E-state index in [1.165, 1.54) is 0 Å². The number of halogens is 1. The van der Waals surface area contributed by atoms with E-state index in [1.54, 1.807) is 0 Å². The fraction of sp³-hybridized carbons (Fsp3) is 0.333. The number of carboxylic acids is 1. The molecule has 5 heteroatoms. The van der Waals surface area contributed by atoms with Crippen molar-refractivity contribution in [1.82, 2.24) is 0 Å². The largest absolute Gasteiger partial charge is 0.550 e. The number of hydrogen-bond acceptors (Lipinski definition) is 3. The van der Waals surface area contributed by atoms with Crippen molar-refractivity contribution in [2.75, 3.05) is 5.32 Å². The van der Waals surface area contributed by atoms with Crippen LogP contribution in [0.1, 0.15) is 6.42 Å². The molecular formula is C15H13INO3-. The van der Waals surface area contributed by atoms with Crippen LogP contribution in [0.2, 0.25) is 0 Å². The molecule has 2 bridgehead atoms. The van der Waals surface area contributed by atoms with Crippen LogP contribution in [0, 0.1) is 27.2 Å². The van der Waals surface area contributed by atoms with Crippen LogP contribution >= 0.6 is 22.6 Å². The number of carboxylic acid groups (broad SMARTS) is 1. The van der Waals surface area contributed by atoms with Gasteiger partial charge < -0.3 is 15.2 Å². The first kappa shape index (κ1) is 13.6. The number of nitrogens with one attached hydrogen (secondary N) is 1. The van der Waals surface area contributed by atoms with Gasteiger partial charge in [0, 0.05) is 21.1 Å². The second-order valence-corrected chi connectivity index (χ2v) is 6.56. The predicted octanol–water partition coefficient (Wildman–Crippen LogP) is 1.42. The first-order valence-corrected chi connectivity index (χ1v) is 7.60. The summed E-state index contributed by atoms with van der Waals surface area (Å²) in [5.74, 6) is -2.60. The number of carbonyl (C=O) groups excluding carboxylic acids is 2. The van der Waals surface area contributed by atoms with Crippen LogP contribution in [0.15, 0.2) is 36.4 Å². The molecule has 1 N–H and O–H groups in total. The molecule has 2 aliphatic rings. The minimum absolute atomic E-state index is 0.0201. The lowest BCUT2D eigenvalue weighted by Gasteiger charge is -2.27. The lowest BCUT2D eigenvalue weighted by Crippen LogP contribution is -2.42. The second-order valence-electron chi connectivity index (χ2n) is 5.32. The molecule has 1 amide bonds. The van der Waals surface area contributed by atoms with E-state index in [1.807, 2.05) is 36.4 Å². The molecule has 20 heavy (non-hydrogen) atoms. The molecule has 0 aromatic heterocycles. The monoisotopic (exact) mass is 382 g/mol. The van der Waals surface area contributed by atoms with Crippen LogP contribution in [0.3, 0.4) is 0 Å². The van der Waals surface area contributed by atoms with Gasteiger partial charge in [0.15, 0.2) is 0 Å². The van der Waals surface area contributed by atoms with Crippen LogP contribution in [0.5, 0.6) is 0 Å². The fourth-order valence-corrected chi connectivity index (χ4v) is 3.62. The Bertz CT molecular complexity index is 581. The molecule has 0 unspecified atom stereocenters. The van der Waals surface area contributed by atoms with Gasteiger partial charge in [0.25, 0.3) is 0 Å². The van der Waals surface area contributed by atoms with Crippen molar-refractivity contribution >= 4 is 40.2 Å². The molecule has 1 aromatic carbocycles. The first-order chi connectivity index (χ1) is 9.56. The summed E-state index contributed by atoms with van der Waals surface area (Å²) in [6.45, 7) is 0. The summed E-state index contributed by atoms with van der Waals surface area (Å²) in [6.07, 6.45) is 4.60. The van der Waals surface area contributed by atoms with Gasteiger partial charge in [-0.15, -0.1) is 0 Å². The molecule has 0 aliphatic heterocycles. The number of rotatable bonds is 3. The van der Waals surface area contributed by atoms with Crippen LogP contribution in [-0.4, -0.2) is 11.9 Å². The lowest BCUT2D eigenvalue weighted by atomic mass is 9.82. The predicted molar refractivity (Wildman–Crippen MR) is 80.5 cm³/mol. The summed E-state index contributed by atoms with van der Waals surface area (Å²) in [7, 11) is 0. The Morgan fingerprint density at radius 3 is 2.30 bits per heavy atom. The average molecular weight is 382 g/mol. The molecule has 0 radical (unpaired) electrons. The van der Waals surface area contributed by atoms with Crippen LogP contribution < -0.4 is 10.4 Å². The Balaban J connectivity index is 1.78. The highest BCUT2D eigenvalue weighted by Gasteiger charge is 2.48. The van der Waals surface area contributed by atoms with E-state index in [-0.39, 0.29) is 17.7 Å². The van der Waals surface area contributed by atoms with Gasteiger partial charge in [-0.05, 0) is 65.1 Å². The number of amides is 1. The van der Waals surface area contributed by atoms with E-state index in [0.717, 1.165) is 9.99 Å². The fourth-order valence-electron chi connectivity index (χ4n) is 3.26. The number of carbonyl (C=O) groups is 2. The van der Waals surface area contributed by atoms with Crippen LogP contribution in [0.25, 0.3) is 0 Å². The second kappa shape index (κ2) is 5.20. The van der Waals surface area contributed by atoms with Gasteiger partial charge in [-0.25, -0.2) is 0 Å². The Labute approximate surface area is 130 Å². The molecule has 0 heterocycles. The highest BCUT2D eigenvalue weighted by Crippen LogP contribution is 2.48. The molecule has 4 atom stereocenters. The van der Waals surface area contributed by atoms with Crippen molar-refractivity contribution in [3.05, 3.63) is 40.0 Å². The molecule has 104 valence electrons. The molecule has 0 spiro atoms. The summed E-state index contributed by atoms with van der Waals surface area (Å²) in [6, 6.07) is 7.42. The highest BCUT2D eigenvalue weighted by molar-refractivity contribution is 14.1. The van der Waals surface area contributed by atoms with Gasteiger partial charge in [-0.2, -0.15) is 0 Å². The Kier molecular flexibility index (Phi) is 3.54. The number of allylic oxidation sites excluding steroid dienone is 2. The maximum Gasteiger partial charge on any atom is 0.228 e. The van der Waals surface area contributed by atoms with E-state index in [9.17, 15) is 14.7 Å². The quantitative estimate of drug-likeness (QED) is 0.635. The zero-order valence-electron chi connectivity index (χ0n) is 10.6. The Morgan fingerprint density at radius 1 is 1.10 bits per heavy atom. The summed E-state index contributed by atoms with van der Waals surface area (Å²) >= 11 is 2.19. The van der Waals surface area contributed by atoms with Gasteiger partial charge in [0.05, 0.1) is 5.92 Å². The van der Waals surface area contributed by atoms with Crippen LogP contribution in [-0.2, 0) is 9.59 Å². The van der Waals surface area contributed by atoms with Crippen molar-refractivity contribution in [3.8, 4) is 0 Å². The van der Waals surface area contributed by atoms with Gasteiger partial charge in [0.1, 0.15) is 0 Å². The third-order valence-corrected chi connectivity index (χ3v) is 4.87. The molecule has 3 rings (SSSR count). The van der Waals surface area contributed by atoms with E-state index < -0.39 is 17.8 Å². The standard InChI is InChI=1S/C15H14INO3/c16-10-3-5-11(6-4-10)17-14(18)12-8-1-2-9(7-8)13(12)15(19)20/h1-6,8-9,12-13H,7H2,(H,17,18)(H,19,20)/p-1/t8-,9-,12-,13+/m1/s1. The number of anilines is 1. The maximum absolute atomic E-state index is 12.4. The topological polar surface area (TPSA) is 69.2 Å². The SMILES string of the molecule is O=C([O-])[C@@H]1[C@H](C(=O)Nc2ccc(I)cc2)[C@@H]2C=C[C@@H]1C2. The summed E-state index contributed by atoms with van der Waals surface area (Å²) in [5.41, 5.74) is 0.694. The molecule has 2 aliphatic carbocycles. The van der Waals surface area contributed by atoms with Gasteiger partial charge in [-0.1, -0.05) is 12.2 Å². The maximum atomic E-state index is 12.4. The van der Waals surface area contributed by atoms with Crippen molar-refractivity contribution in [2.24, 2.45) is 23.7 Å². The molecule has 1 aromatic rings. The number of aliphatic carboxylic acids is 1. The van der Waals surface area contributed by atoms with Crippen LogP contribution in [0.4, 0.5) is 5.69 Å². The zero-order chi connectivity index (χ0) is 14.3. The smallest absolute Gasteiger partial charge is 0.228 e. The normalized spacial score (nSPS) is 30.4. The molecule has 4 nitrogen and oxygen atoms in total. The number of benzene rings is 1. The number of hydrogen-bond donors (Lipinski definition) is 1. The summed E-state index contributed by atoms with van der Waals surface area (Å²) < 4.78 is 1.08. The number of fused-ring (bicyclic) bond motifs is 2. The van der Waals surface area contributed by atoms with E-state index >= 15 is 0 Å².